The molecular weight excluding hydrogens is 386 g/mol. The molecule has 30 heavy (non-hydrogen) atoms. The molecule has 0 saturated carbocycles. The maximum atomic E-state index is 12.4. The van der Waals surface area contributed by atoms with Crippen LogP contribution in [-0.2, 0) is 20.9 Å². The summed E-state index contributed by atoms with van der Waals surface area (Å²) in [5.41, 5.74) is 6.04. The number of benzene rings is 1. The highest BCUT2D eigenvalue weighted by atomic mass is 16.5. The number of carbonyl (C=O) groups excluding carboxylic acids is 3. The van der Waals surface area contributed by atoms with Crippen LogP contribution in [0.3, 0.4) is 0 Å². The van der Waals surface area contributed by atoms with E-state index in [0.29, 0.717) is 32.0 Å². The quantitative estimate of drug-likeness (QED) is 0.294. The number of amides is 3. The fourth-order valence-corrected chi connectivity index (χ4v) is 3.28. The van der Waals surface area contributed by atoms with Gasteiger partial charge in [0.2, 0.25) is 11.8 Å². The van der Waals surface area contributed by atoms with Gasteiger partial charge in [0.1, 0.15) is 6.61 Å². The Bertz CT molecular complexity index is 665. The van der Waals surface area contributed by atoms with E-state index in [1.54, 1.807) is 0 Å². The Kier molecular flexibility index (Phi) is 10.7. The lowest BCUT2D eigenvalue weighted by atomic mass is 10.1. The van der Waals surface area contributed by atoms with E-state index in [2.05, 4.69) is 21.3 Å². The van der Waals surface area contributed by atoms with Gasteiger partial charge < -0.3 is 31.7 Å². The smallest absolute Gasteiger partial charge is 0.407 e. The molecule has 9 heteroatoms. The summed E-state index contributed by atoms with van der Waals surface area (Å²) >= 11 is 0. The number of alkyl carbamates (subject to hydrolysis) is 1. The zero-order valence-electron chi connectivity index (χ0n) is 17.3. The van der Waals surface area contributed by atoms with E-state index in [-0.39, 0.29) is 19.1 Å². The third kappa shape index (κ3) is 9.71. The highest BCUT2D eigenvalue weighted by Gasteiger charge is 2.21. The first kappa shape index (κ1) is 23.6. The van der Waals surface area contributed by atoms with Gasteiger partial charge in [-0.25, -0.2) is 4.79 Å². The van der Waals surface area contributed by atoms with Crippen molar-refractivity contribution < 1.29 is 19.1 Å². The average Bonchev–Trinajstić information content (AvgIpc) is 3.26. The summed E-state index contributed by atoms with van der Waals surface area (Å²) in [6.45, 7) is 2.21. The van der Waals surface area contributed by atoms with Crippen molar-refractivity contribution >= 4 is 17.9 Å². The molecule has 6 N–H and O–H groups in total. The molecule has 2 atom stereocenters. The number of unbranched alkanes of at least 4 members (excludes halogenated alkanes) is 1. The van der Waals surface area contributed by atoms with Gasteiger partial charge in [0.25, 0.3) is 0 Å². The van der Waals surface area contributed by atoms with Crippen LogP contribution in [0.4, 0.5) is 4.79 Å². The van der Waals surface area contributed by atoms with Crippen molar-refractivity contribution in [3.05, 3.63) is 35.9 Å². The van der Waals surface area contributed by atoms with E-state index in [0.717, 1.165) is 31.4 Å². The Morgan fingerprint density at radius 2 is 1.97 bits per heavy atom. The molecule has 1 saturated heterocycles. The molecule has 3 amide bonds. The molecule has 1 heterocycles. The van der Waals surface area contributed by atoms with Gasteiger partial charge in [-0.1, -0.05) is 30.3 Å². The predicted octanol–water partition coefficient (Wildman–Crippen LogP) is 0.395. The van der Waals surface area contributed by atoms with Crippen LogP contribution in [0.15, 0.2) is 30.3 Å². The molecule has 0 bridgehead atoms. The van der Waals surface area contributed by atoms with Gasteiger partial charge in [-0.3, -0.25) is 9.59 Å². The van der Waals surface area contributed by atoms with Gasteiger partial charge in [0.15, 0.2) is 0 Å². The first-order valence-corrected chi connectivity index (χ1v) is 10.5. The van der Waals surface area contributed by atoms with E-state index >= 15 is 0 Å². The van der Waals surface area contributed by atoms with Crippen LogP contribution in [0.25, 0.3) is 0 Å². The second kappa shape index (κ2) is 13.6. The largest absolute Gasteiger partial charge is 0.445 e. The number of rotatable bonds is 13. The maximum absolute atomic E-state index is 12.4. The Labute approximate surface area is 177 Å². The molecule has 0 radical (unpaired) electrons. The lowest BCUT2D eigenvalue weighted by Gasteiger charge is -2.20. The molecule has 166 valence electrons. The summed E-state index contributed by atoms with van der Waals surface area (Å²) in [6.07, 6.45) is 3.80. The topological polar surface area (TPSA) is 135 Å². The van der Waals surface area contributed by atoms with E-state index < -0.39 is 18.0 Å². The van der Waals surface area contributed by atoms with Crippen LogP contribution >= 0.6 is 0 Å². The number of nitrogens with two attached hydrogens (primary N) is 1. The van der Waals surface area contributed by atoms with E-state index in [9.17, 15) is 14.4 Å². The molecule has 0 unspecified atom stereocenters. The predicted molar refractivity (Wildman–Crippen MR) is 114 cm³/mol. The number of hydrogen-bond donors (Lipinski definition) is 5. The number of ether oxygens (including phenoxy) is 1. The molecule has 0 aromatic heterocycles. The molecule has 1 aromatic rings. The molecule has 0 spiro atoms. The summed E-state index contributed by atoms with van der Waals surface area (Å²) in [5, 5.41) is 12.0. The van der Waals surface area contributed by atoms with Crippen LogP contribution in [-0.4, -0.2) is 56.2 Å². The lowest BCUT2D eigenvalue weighted by molar-refractivity contribution is -0.126. The van der Waals surface area contributed by atoms with E-state index in [1.807, 2.05) is 30.3 Å². The van der Waals surface area contributed by atoms with Crippen molar-refractivity contribution in [2.75, 3.05) is 26.2 Å². The second-order valence-electron chi connectivity index (χ2n) is 7.42. The molecule has 1 aliphatic rings. The summed E-state index contributed by atoms with van der Waals surface area (Å²) < 4.78 is 5.17. The Morgan fingerprint density at radius 3 is 2.67 bits per heavy atom. The van der Waals surface area contributed by atoms with Crippen molar-refractivity contribution in [1.82, 2.24) is 21.3 Å². The van der Waals surface area contributed by atoms with Gasteiger partial charge in [-0.15, -0.1) is 0 Å². The number of carbonyl (C=O) groups is 3. The van der Waals surface area contributed by atoms with Gasteiger partial charge >= 0.3 is 6.09 Å². The summed E-state index contributed by atoms with van der Waals surface area (Å²) in [7, 11) is 0. The highest BCUT2D eigenvalue weighted by Crippen LogP contribution is 2.06. The van der Waals surface area contributed by atoms with Crippen LogP contribution < -0.4 is 27.0 Å². The van der Waals surface area contributed by atoms with Crippen molar-refractivity contribution in [1.29, 1.82) is 0 Å². The van der Waals surface area contributed by atoms with E-state index in [1.165, 1.54) is 0 Å². The third-order valence-electron chi connectivity index (χ3n) is 4.93. The monoisotopic (exact) mass is 419 g/mol. The highest BCUT2D eigenvalue weighted by molar-refractivity contribution is 5.86. The normalized spacial score (nSPS) is 16.6. The molecular formula is C21H33N5O4. The summed E-state index contributed by atoms with van der Waals surface area (Å²) in [5.74, 6) is -0.806. The molecule has 0 aliphatic carbocycles. The SMILES string of the molecule is NC(=O)CNC(=O)[C@@H](CCCCNC(=O)OCc1ccccc1)NC[C@@H]1CCCN1. The first-order chi connectivity index (χ1) is 14.5. The third-order valence-corrected chi connectivity index (χ3v) is 4.93. The fraction of sp³-hybridized carbons (Fsp3) is 0.571. The minimum atomic E-state index is -0.572. The van der Waals surface area contributed by atoms with Crippen molar-refractivity contribution in [2.24, 2.45) is 5.73 Å². The minimum absolute atomic E-state index is 0.173. The average molecular weight is 420 g/mol. The lowest BCUT2D eigenvalue weighted by Crippen LogP contribution is -2.49. The number of nitrogens with one attached hydrogen (secondary N) is 4. The number of primary amides is 1. The van der Waals surface area contributed by atoms with Crippen LogP contribution in [0, 0.1) is 0 Å². The van der Waals surface area contributed by atoms with Gasteiger partial charge in [0.05, 0.1) is 12.6 Å². The van der Waals surface area contributed by atoms with Crippen molar-refractivity contribution in [2.45, 2.75) is 50.8 Å². The van der Waals surface area contributed by atoms with Gasteiger partial charge in [-0.05, 0) is 44.2 Å². The number of hydrogen-bond acceptors (Lipinski definition) is 6. The Hall–Kier alpha value is -2.65. The summed E-state index contributed by atoms with van der Waals surface area (Å²) in [6, 6.07) is 9.43. The Balaban J connectivity index is 1.64. The molecule has 1 aromatic carbocycles. The molecule has 1 fully saturated rings. The van der Waals surface area contributed by atoms with Gasteiger partial charge in [0, 0.05) is 19.1 Å². The van der Waals surface area contributed by atoms with E-state index in [4.69, 9.17) is 10.5 Å². The van der Waals surface area contributed by atoms with Crippen molar-refractivity contribution in [3.8, 4) is 0 Å². The standard InChI is InChI=1S/C21H33N5O4/c22-19(27)14-26-20(28)18(25-13-17-9-6-12-23-17)10-4-5-11-24-21(29)30-15-16-7-2-1-3-8-16/h1-3,7-8,17-18,23,25H,4-6,9-15H2,(H2,22,27)(H,24,29)(H,26,28)/t17-,18+/m0/s1. The molecule has 9 nitrogen and oxygen atoms in total. The van der Waals surface area contributed by atoms with Gasteiger partial charge in [-0.2, -0.15) is 0 Å². The zero-order chi connectivity index (χ0) is 21.6. The Morgan fingerprint density at radius 1 is 1.17 bits per heavy atom. The van der Waals surface area contributed by atoms with Crippen LogP contribution in [0.2, 0.25) is 0 Å². The maximum Gasteiger partial charge on any atom is 0.407 e. The van der Waals surface area contributed by atoms with Crippen LogP contribution in [0.1, 0.15) is 37.7 Å². The fourth-order valence-electron chi connectivity index (χ4n) is 3.28. The zero-order valence-corrected chi connectivity index (χ0v) is 17.3. The molecule has 1 aliphatic heterocycles. The minimum Gasteiger partial charge on any atom is -0.445 e. The van der Waals surface area contributed by atoms with Crippen LogP contribution in [0.5, 0.6) is 0 Å². The van der Waals surface area contributed by atoms with Crippen molar-refractivity contribution in [3.63, 3.8) is 0 Å². The summed E-state index contributed by atoms with van der Waals surface area (Å²) in [4.78, 5) is 35.0. The first-order valence-electron chi connectivity index (χ1n) is 10.5. The second-order valence-corrected chi connectivity index (χ2v) is 7.42. The molecule has 2 rings (SSSR count).